The Bertz CT molecular complexity index is 791. The van der Waals surface area contributed by atoms with E-state index in [9.17, 15) is 18.0 Å². The van der Waals surface area contributed by atoms with Crippen molar-refractivity contribution in [1.82, 2.24) is 5.43 Å². The molecule has 0 unspecified atom stereocenters. The zero-order valence-electron chi connectivity index (χ0n) is 11.7. The first-order valence-corrected chi connectivity index (χ1v) is 6.73. The van der Waals surface area contributed by atoms with E-state index in [1.807, 2.05) is 0 Å². The van der Waals surface area contributed by atoms with Gasteiger partial charge in [-0.3, -0.25) is 4.79 Å². The minimum atomic E-state index is -2.70. The average Bonchev–Trinajstić information content (AvgIpc) is 2.55. The Hall–Kier alpha value is -2.83. The fourth-order valence-electron chi connectivity index (χ4n) is 2.26. The smallest absolute Gasteiger partial charge is 0.278 e. The van der Waals surface area contributed by atoms with Crippen LogP contribution in [-0.2, 0) is 9.53 Å². The second kappa shape index (κ2) is 6.12. The highest BCUT2D eigenvalue weighted by molar-refractivity contribution is 5.98. The predicted molar refractivity (Wildman–Crippen MR) is 77.4 cm³/mol. The molecule has 0 saturated carbocycles. The number of alkyl halides is 2. The number of hydrogen-bond donors (Lipinski definition) is 1. The van der Waals surface area contributed by atoms with Gasteiger partial charge in [-0.2, -0.15) is 0 Å². The summed E-state index contributed by atoms with van der Waals surface area (Å²) in [7, 11) is 0. The van der Waals surface area contributed by atoms with Crippen molar-refractivity contribution in [1.29, 1.82) is 0 Å². The molecule has 1 heterocycles. The van der Waals surface area contributed by atoms with Gasteiger partial charge in [-0.1, -0.05) is 30.3 Å². The summed E-state index contributed by atoms with van der Waals surface area (Å²) in [6.45, 7) is -0.212. The van der Waals surface area contributed by atoms with Crippen molar-refractivity contribution >= 4 is 11.8 Å². The fraction of sp³-hybridized carbons (Fsp3) is 0.125. The summed E-state index contributed by atoms with van der Waals surface area (Å²) in [6.07, 6.45) is -2.70. The standard InChI is InChI=1S/C16H11F3N2O2/c17-13-7-9(16-21-20-14(22)8-23-16)5-6-11(13)10-3-1-2-4-12(10)15(18)19/h1-7,15H,8H2,(H,20,22). The number of rotatable bonds is 3. The molecule has 1 N–H and O–H groups in total. The van der Waals surface area contributed by atoms with Crippen LogP contribution in [0, 0.1) is 5.82 Å². The van der Waals surface area contributed by atoms with Crippen LogP contribution in [0.15, 0.2) is 47.6 Å². The highest BCUT2D eigenvalue weighted by Gasteiger charge is 2.19. The van der Waals surface area contributed by atoms with E-state index < -0.39 is 18.1 Å². The Labute approximate surface area is 129 Å². The molecule has 0 saturated heterocycles. The summed E-state index contributed by atoms with van der Waals surface area (Å²) in [5.41, 5.74) is 2.48. The van der Waals surface area contributed by atoms with E-state index in [-0.39, 0.29) is 29.2 Å². The van der Waals surface area contributed by atoms with Gasteiger partial charge in [0.2, 0.25) is 5.90 Å². The molecule has 0 radical (unpaired) electrons. The largest absolute Gasteiger partial charge is 0.466 e. The van der Waals surface area contributed by atoms with Crippen molar-refractivity contribution in [2.45, 2.75) is 6.43 Å². The third-order valence-electron chi connectivity index (χ3n) is 3.32. The lowest BCUT2D eigenvalue weighted by Crippen LogP contribution is -2.32. The van der Waals surface area contributed by atoms with E-state index in [4.69, 9.17) is 4.74 Å². The van der Waals surface area contributed by atoms with Crippen LogP contribution in [0.2, 0.25) is 0 Å². The van der Waals surface area contributed by atoms with Gasteiger partial charge in [-0.25, -0.2) is 18.6 Å². The average molecular weight is 320 g/mol. The number of hydrazone groups is 1. The SMILES string of the molecule is O=C1COC(c2ccc(-c3ccccc3C(F)F)c(F)c2)=NN1. The fourth-order valence-corrected chi connectivity index (χ4v) is 2.26. The molecule has 3 rings (SSSR count). The molecule has 118 valence electrons. The first-order valence-electron chi connectivity index (χ1n) is 6.73. The van der Waals surface area contributed by atoms with Crippen LogP contribution in [-0.4, -0.2) is 18.4 Å². The molecule has 1 aliphatic rings. The summed E-state index contributed by atoms with van der Waals surface area (Å²) in [5, 5.41) is 3.68. The van der Waals surface area contributed by atoms with Gasteiger partial charge in [0.1, 0.15) is 5.82 Å². The number of nitrogens with one attached hydrogen (secondary N) is 1. The lowest BCUT2D eigenvalue weighted by Gasteiger charge is -2.15. The van der Waals surface area contributed by atoms with Crippen LogP contribution in [0.5, 0.6) is 0 Å². The molecule has 1 aliphatic heterocycles. The summed E-state index contributed by atoms with van der Waals surface area (Å²) < 4.78 is 45.6. The first-order chi connectivity index (χ1) is 11.1. The Morgan fingerprint density at radius 2 is 1.91 bits per heavy atom. The van der Waals surface area contributed by atoms with E-state index in [2.05, 4.69) is 10.5 Å². The molecular weight excluding hydrogens is 309 g/mol. The lowest BCUT2D eigenvalue weighted by atomic mass is 9.98. The monoisotopic (exact) mass is 320 g/mol. The minimum Gasteiger partial charge on any atom is -0.466 e. The number of hydrogen-bond acceptors (Lipinski definition) is 3. The topological polar surface area (TPSA) is 50.7 Å². The van der Waals surface area contributed by atoms with Gasteiger partial charge < -0.3 is 4.74 Å². The summed E-state index contributed by atoms with van der Waals surface area (Å²) in [6, 6.07) is 9.76. The maximum Gasteiger partial charge on any atom is 0.278 e. The van der Waals surface area contributed by atoms with Crippen LogP contribution < -0.4 is 5.43 Å². The predicted octanol–water partition coefficient (Wildman–Crippen LogP) is 3.24. The molecule has 0 spiro atoms. The molecule has 1 amide bonds. The molecule has 2 aromatic rings. The van der Waals surface area contributed by atoms with Crippen molar-refractivity contribution in [3.63, 3.8) is 0 Å². The quantitative estimate of drug-likeness (QED) is 0.944. The van der Waals surface area contributed by atoms with Gasteiger partial charge in [0, 0.05) is 16.7 Å². The minimum absolute atomic E-state index is 0.0603. The van der Waals surface area contributed by atoms with Crippen LogP contribution >= 0.6 is 0 Å². The van der Waals surface area contributed by atoms with E-state index >= 15 is 0 Å². The number of ether oxygens (including phenoxy) is 1. The molecule has 23 heavy (non-hydrogen) atoms. The van der Waals surface area contributed by atoms with Gasteiger partial charge in [-0.05, 0) is 17.7 Å². The third-order valence-corrected chi connectivity index (χ3v) is 3.32. The van der Waals surface area contributed by atoms with Crippen molar-refractivity contribution in [2.75, 3.05) is 6.61 Å². The van der Waals surface area contributed by atoms with E-state index in [0.29, 0.717) is 5.56 Å². The Balaban J connectivity index is 1.99. The van der Waals surface area contributed by atoms with E-state index in [1.165, 1.54) is 30.3 Å². The van der Waals surface area contributed by atoms with Gasteiger partial charge in [0.25, 0.3) is 12.3 Å². The summed E-state index contributed by atoms with van der Waals surface area (Å²) >= 11 is 0. The second-order valence-corrected chi connectivity index (χ2v) is 4.82. The zero-order chi connectivity index (χ0) is 16.4. The molecule has 0 aliphatic carbocycles. The Kier molecular flexibility index (Phi) is 4.01. The third kappa shape index (κ3) is 3.03. The molecule has 7 heteroatoms. The first kappa shape index (κ1) is 15.1. The summed E-state index contributed by atoms with van der Waals surface area (Å²) in [4.78, 5) is 11.0. The Morgan fingerprint density at radius 3 is 2.57 bits per heavy atom. The van der Waals surface area contributed by atoms with Crippen molar-refractivity contribution in [2.24, 2.45) is 5.10 Å². The molecule has 0 aromatic heterocycles. The van der Waals surface area contributed by atoms with Crippen molar-refractivity contribution < 1.29 is 22.7 Å². The number of nitrogens with zero attached hydrogens (tertiary/aromatic N) is 1. The molecule has 0 fully saturated rings. The van der Waals surface area contributed by atoms with E-state index in [0.717, 1.165) is 6.07 Å². The number of amides is 1. The molecule has 2 aromatic carbocycles. The highest BCUT2D eigenvalue weighted by Crippen LogP contribution is 2.32. The number of carbonyl (C=O) groups excluding carboxylic acids is 1. The zero-order valence-corrected chi connectivity index (χ0v) is 11.7. The van der Waals surface area contributed by atoms with Gasteiger partial charge >= 0.3 is 0 Å². The second-order valence-electron chi connectivity index (χ2n) is 4.82. The normalized spacial score (nSPS) is 14.3. The van der Waals surface area contributed by atoms with Crippen molar-refractivity contribution in [3.05, 3.63) is 59.4 Å². The van der Waals surface area contributed by atoms with Crippen LogP contribution in [0.1, 0.15) is 17.6 Å². The maximum absolute atomic E-state index is 14.4. The molecule has 0 bridgehead atoms. The maximum atomic E-state index is 14.4. The number of halogens is 3. The van der Waals surface area contributed by atoms with Crippen molar-refractivity contribution in [3.8, 4) is 11.1 Å². The number of benzene rings is 2. The molecular formula is C16H11F3N2O2. The van der Waals surface area contributed by atoms with Gasteiger partial charge in [0.05, 0.1) is 0 Å². The van der Waals surface area contributed by atoms with Crippen LogP contribution in [0.4, 0.5) is 13.2 Å². The lowest BCUT2D eigenvalue weighted by molar-refractivity contribution is -0.124. The van der Waals surface area contributed by atoms with Gasteiger partial charge in [0.15, 0.2) is 6.61 Å². The van der Waals surface area contributed by atoms with E-state index in [1.54, 1.807) is 6.07 Å². The highest BCUT2D eigenvalue weighted by atomic mass is 19.3. The number of carbonyl (C=O) groups is 1. The van der Waals surface area contributed by atoms with Crippen LogP contribution in [0.25, 0.3) is 11.1 Å². The van der Waals surface area contributed by atoms with Crippen LogP contribution in [0.3, 0.4) is 0 Å². The van der Waals surface area contributed by atoms with Gasteiger partial charge in [-0.15, -0.1) is 5.10 Å². The molecule has 4 nitrogen and oxygen atoms in total. The Morgan fingerprint density at radius 1 is 1.13 bits per heavy atom. The summed E-state index contributed by atoms with van der Waals surface area (Å²) in [5.74, 6) is -1.02. The molecule has 0 atom stereocenters.